The highest BCUT2D eigenvalue weighted by Crippen LogP contribution is 2.30. The number of anilines is 1. The van der Waals surface area contributed by atoms with Crippen LogP contribution in [0, 0.1) is 0 Å². The molecule has 1 fully saturated rings. The van der Waals surface area contributed by atoms with E-state index in [9.17, 15) is 0 Å². The topological polar surface area (TPSA) is 24.9 Å². The van der Waals surface area contributed by atoms with Gasteiger partial charge in [0, 0.05) is 43.6 Å². The van der Waals surface area contributed by atoms with Crippen LogP contribution in [-0.2, 0) is 0 Å². The summed E-state index contributed by atoms with van der Waals surface area (Å²) >= 11 is 3.52. The lowest BCUT2D eigenvalue weighted by molar-refractivity contribution is 0.324. The fourth-order valence-corrected chi connectivity index (χ4v) is 3.76. The normalized spacial score (nSPS) is 15.0. The van der Waals surface area contributed by atoms with Crippen molar-refractivity contribution in [2.24, 2.45) is 0 Å². The first-order chi connectivity index (χ1) is 13.1. The molecule has 1 heterocycles. The van der Waals surface area contributed by atoms with Crippen LogP contribution in [-0.4, -0.2) is 44.8 Å². The number of nitrogens with zero attached hydrogens (tertiary/aromatic N) is 2. The van der Waals surface area contributed by atoms with Crippen molar-refractivity contribution in [1.82, 2.24) is 4.90 Å². The lowest BCUT2D eigenvalue weighted by atomic mass is 10.1. The van der Waals surface area contributed by atoms with Crippen LogP contribution < -0.4 is 14.4 Å². The molecular formula is C22H27BrN2O2. The minimum absolute atomic E-state index is 0.689. The number of benzene rings is 2. The Labute approximate surface area is 170 Å². The molecule has 0 spiro atoms. The van der Waals surface area contributed by atoms with Crippen molar-refractivity contribution in [1.29, 1.82) is 0 Å². The quantitative estimate of drug-likeness (QED) is 0.640. The second kappa shape index (κ2) is 9.18. The maximum absolute atomic E-state index is 5.60. The van der Waals surface area contributed by atoms with Crippen LogP contribution in [0.1, 0.15) is 19.4 Å². The number of piperazine rings is 1. The highest BCUT2D eigenvalue weighted by molar-refractivity contribution is 9.10. The third kappa shape index (κ3) is 4.98. The van der Waals surface area contributed by atoms with Crippen molar-refractivity contribution in [3.05, 3.63) is 58.2 Å². The number of hydrogen-bond acceptors (Lipinski definition) is 4. The molecule has 0 atom stereocenters. The molecule has 0 aliphatic carbocycles. The van der Waals surface area contributed by atoms with Gasteiger partial charge in [-0.2, -0.15) is 0 Å². The van der Waals surface area contributed by atoms with Crippen LogP contribution in [0.5, 0.6) is 11.5 Å². The lowest BCUT2D eigenvalue weighted by Crippen LogP contribution is -2.45. The molecule has 4 nitrogen and oxygen atoms in total. The monoisotopic (exact) mass is 430 g/mol. The summed E-state index contributed by atoms with van der Waals surface area (Å²) in [6.45, 7) is 8.89. The van der Waals surface area contributed by atoms with Gasteiger partial charge in [-0.1, -0.05) is 12.1 Å². The molecule has 2 aromatic carbocycles. The summed E-state index contributed by atoms with van der Waals surface area (Å²) in [7, 11) is 1.70. The first-order valence-electron chi connectivity index (χ1n) is 9.35. The van der Waals surface area contributed by atoms with E-state index >= 15 is 0 Å². The second-order valence-corrected chi connectivity index (χ2v) is 7.44. The van der Waals surface area contributed by atoms with Gasteiger partial charge in [-0.15, -0.1) is 0 Å². The third-order valence-corrected chi connectivity index (χ3v) is 5.48. The number of hydrogen-bond donors (Lipinski definition) is 0. The zero-order valence-corrected chi connectivity index (χ0v) is 17.8. The van der Waals surface area contributed by atoms with E-state index in [0.717, 1.165) is 42.2 Å². The fourth-order valence-electron chi connectivity index (χ4n) is 3.36. The van der Waals surface area contributed by atoms with Crippen LogP contribution in [0.15, 0.2) is 52.6 Å². The molecule has 0 aromatic heterocycles. The molecule has 0 unspecified atom stereocenters. The van der Waals surface area contributed by atoms with Gasteiger partial charge >= 0.3 is 0 Å². The van der Waals surface area contributed by atoms with Crippen LogP contribution in [0.2, 0.25) is 0 Å². The van der Waals surface area contributed by atoms with E-state index < -0.39 is 0 Å². The number of methoxy groups -OCH3 is 1. The summed E-state index contributed by atoms with van der Waals surface area (Å²) in [6, 6.07) is 14.6. The highest BCUT2D eigenvalue weighted by atomic mass is 79.9. The van der Waals surface area contributed by atoms with Gasteiger partial charge in [0.2, 0.25) is 0 Å². The Hall–Kier alpha value is -2.14. The predicted molar refractivity (Wildman–Crippen MR) is 116 cm³/mol. The maximum Gasteiger partial charge on any atom is 0.135 e. The third-order valence-electron chi connectivity index (χ3n) is 4.82. The molecule has 0 amide bonds. The van der Waals surface area contributed by atoms with Crippen molar-refractivity contribution >= 4 is 27.7 Å². The van der Waals surface area contributed by atoms with Gasteiger partial charge in [-0.05, 0) is 65.7 Å². The highest BCUT2D eigenvalue weighted by Gasteiger charge is 2.18. The molecule has 1 saturated heterocycles. The summed E-state index contributed by atoms with van der Waals surface area (Å²) < 4.78 is 12.0. The SMILES string of the molecule is CCOc1cccc(C=C(C)N2CCN(c3ccc(Br)c(OC)c3)CC2)c1. The van der Waals surface area contributed by atoms with Crippen LogP contribution in [0.3, 0.4) is 0 Å². The molecule has 0 radical (unpaired) electrons. The molecule has 27 heavy (non-hydrogen) atoms. The van der Waals surface area contributed by atoms with E-state index in [4.69, 9.17) is 9.47 Å². The smallest absolute Gasteiger partial charge is 0.135 e. The van der Waals surface area contributed by atoms with Gasteiger partial charge in [0.15, 0.2) is 0 Å². The maximum atomic E-state index is 5.60. The van der Waals surface area contributed by atoms with Gasteiger partial charge in [-0.3, -0.25) is 0 Å². The van der Waals surface area contributed by atoms with Gasteiger partial charge < -0.3 is 19.3 Å². The summed E-state index contributed by atoms with van der Waals surface area (Å²) in [5.74, 6) is 1.80. The Morgan fingerprint density at radius 1 is 1.11 bits per heavy atom. The number of rotatable bonds is 6. The lowest BCUT2D eigenvalue weighted by Gasteiger charge is -2.38. The van der Waals surface area contributed by atoms with Crippen molar-refractivity contribution < 1.29 is 9.47 Å². The molecule has 3 rings (SSSR count). The molecule has 144 valence electrons. The number of ether oxygens (including phenoxy) is 2. The van der Waals surface area contributed by atoms with Crippen LogP contribution in [0.4, 0.5) is 5.69 Å². The van der Waals surface area contributed by atoms with Crippen LogP contribution in [0.25, 0.3) is 6.08 Å². The Bertz CT molecular complexity index is 799. The Morgan fingerprint density at radius 3 is 2.59 bits per heavy atom. The first kappa shape index (κ1) is 19.6. The van der Waals surface area contributed by atoms with E-state index in [-0.39, 0.29) is 0 Å². The van der Waals surface area contributed by atoms with Crippen LogP contribution >= 0.6 is 15.9 Å². The summed E-state index contributed by atoms with van der Waals surface area (Å²) in [6.07, 6.45) is 2.24. The predicted octanol–water partition coefficient (Wildman–Crippen LogP) is 5.04. The molecule has 0 saturated carbocycles. The molecule has 0 N–H and O–H groups in total. The summed E-state index contributed by atoms with van der Waals surface area (Å²) in [5, 5.41) is 0. The van der Waals surface area contributed by atoms with E-state index in [2.05, 4.69) is 69.1 Å². The fraction of sp³-hybridized carbons (Fsp3) is 0.364. The molecule has 0 bridgehead atoms. The molecule has 1 aliphatic heterocycles. The Balaban J connectivity index is 1.64. The Kier molecular flexibility index (Phi) is 6.67. The Morgan fingerprint density at radius 2 is 1.89 bits per heavy atom. The molecule has 5 heteroatoms. The zero-order valence-electron chi connectivity index (χ0n) is 16.2. The van der Waals surface area contributed by atoms with Gasteiger partial charge in [0.1, 0.15) is 11.5 Å². The minimum Gasteiger partial charge on any atom is -0.495 e. The summed E-state index contributed by atoms with van der Waals surface area (Å²) in [4.78, 5) is 4.86. The first-order valence-corrected chi connectivity index (χ1v) is 10.1. The van der Waals surface area contributed by atoms with Gasteiger partial charge in [0.25, 0.3) is 0 Å². The standard InChI is InChI=1S/C22H27BrN2O2/c1-4-27-20-7-5-6-18(15-20)14-17(2)24-10-12-25(13-11-24)19-8-9-21(23)22(16-19)26-3/h5-9,14-16H,4,10-13H2,1-3H3. The average Bonchev–Trinajstić information content (AvgIpc) is 2.69. The molecular weight excluding hydrogens is 404 g/mol. The summed E-state index contributed by atoms with van der Waals surface area (Å²) in [5.41, 5.74) is 3.68. The van der Waals surface area contributed by atoms with E-state index in [1.54, 1.807) is 7.11 Å². The average molecular weight is 431 g/mol. The second-order valence-electron chi connectivity index (χ2n) is 6.58. The van der Waals surface area contributed by atoms with E-state index in [1.807, 2.05) is 19.1 Å². The van der Waals surface area contributed by atoms with Gasteiger partial charge in [-0.25, -0.2) is 0 Å². The van der Waals surface area contributed by atoms with Crippen molar-refractivity contribution in [3.8, 4) is 11.5 Å². The van der Waals surface area contributed by atoms with Crippen molar-refractivity contribution in [3.63, 3.8) is 0 Å². The minimum atomic E-state index is 0.689. The molecule has 1 aliphatic rings. The molecule has 2 aromatic rings. The largest absolute Gasteiger partial charge is 0.495 e. The number of allylic oxidation sites excluding steroid dienone is 1. The van der Waals surface area contributed by atoms with Crippen molar-refractivity contribution in [2.45, 2.75) is 13.8 Å². The number of halogens is 1. The van der Waals surface area contributed by atoms with Crippen molar-refractivity contribution in [2.75, 3.05) is 44.8 Å². The zero-order chi connectivity index (χ0) is 19.2. The van der Waals surface area contributed by atoms with E-state index in [1.165, 1.54) is 16.9 Å². The van der Waals surface area contributed by atoms with E-state index in [0.29, 0.717) is 6.61 Å². The van der Waals surface area contributed by atoms with Gasteiger partial charge in [0.05, 0.1) is 18.2 Å².